The van der Waals surface area contributed by atoms with Crippen LogP contribution in [0.4, 0.5) is 5.69 Å². The maximum absolute atomic E-state index is 10.7. The van der Waals surface area contributed by atoms with Crippen molar-refractivity contribution >= 4 is 11.9 Å². The smallest absolute Gasteiger partial charge is 0.166 e. The zero-order chi connectivity index (χ0) is 19.0. The summed E-state index contributed by atoms with van der Waals surface area (Å²) in [4.78, 5) is 4.46. The monoisotopic (exact) mass is 341 g/mol. The van der Waals surface area contributed by atoms with E-state index in [2.05, 4.69) is 4.99 Å². The van der Waals surface area contributed by atoms with Gasteiger partial charge in [-0.3, -0.25) is 4.99 Å². The van der Waals surface area contributed by atoms with Crippen LogP contribution in [0.2, 0.25) is 0 Å². The number of rotatable bonds is 2. The second kappa shape index (κ2) is 6.43. The summed E-state index contributed by atoms with van der Waals surface area (Å²) in [6, 6.07) is 8.47. The lowest BCUT2D eigenvalue weighted by Crippen LogP contribution is -2.16. The number of para-hydroxylation sites is 1. The number of aliphatic imine (C=N–C) groups is 1. The number of phenolic OH excluding ortho intramolecular Hbond substituents is 3. The fourth-order valence-corrected chi connectivity index (χ4v) is 2.63. The largest absolute Gasteiger partial charge is 0.507 e. The SMILES string of the molecule is CC(C)(C)c1cc(N=Cc2cccc(O)c2O)cc(C(C)(C)C)c1O. The first-order valence-electron chi connectivity index (χ1n) is 8.34. The minimum absolute atomic E-state index is 0.180. The Bertz CT molecular complexity index is 774. The molecule has 2 aromatic carbocycles. The highest BCUT2D eigenvalue weighted by Crippen LogP contribution is 2.41. The molecule has 0 bridgehead atoms. The maximum Gasteiger partial charge on any atom is 0.166 e. The average Bonchev–Trinajstić information content (AvgIpc) is 2.47. The van der Waals surface area contributed by atoms with Gasteiger partial charge in [0.25, 0.3) is 0 Å². The van der Waals surface area contributed by atoms with Crippen LogP contribution in [0, 0.1) is 0 Å². The van der Waals surface area contributed by atoms with Gasteiger partial charge in [-0.25, -0.2) is 0 Å². The van der Waals surface area contributed by atoms with Crippen LogP contribution in [-0.4, -0.2) is 21.5 Å². The van der Waals surface area contributed by atoms with Crippen molar-refractivity contribution < 1.29 is 15.3 Å². The molecule has 0 atom stereocenters. The quantitative estimate of drug-likeness (QED) is 0.522. The lowest BCUT2D eigenvalue weighted by molar-refractivity contribution is 0.403. The molecule has 0 aliphatic rings. The van der Waals surface area contributed by atoms with Crippen LogP contribution < -0.4 is 0 Å². The van der Waals surface area contributed by atoms with E-state index >= 15 is 0 Å². The van der Waals surface area contributed by atoms with E-state index in [0.717, 1.165) is 11.1 Å². The molecule has 0 aromatic heterocycles. The fourth-order valence-electron chi connectivity index (χ4n) is 2.63. The lowest BCUT2D eigenvalue weighted by Gasteiger charge is -2.27. The molecule has 134 valence electrons. The normalized spacial score (nSPS) is 12.7. The van der Waals surface area contributed by atoms with Gasteiger partial charge in [-0.05, 0) is 35.1 Å². The van der Waals surface area contributed by atoms with E-state index in [1.54, 1.807) is 12.1 Å². The van der Waals surface area contributed by atoms with Crippen molar-refractivity contribution in [1.82, 2.24) is 0 Å². The van der Waals surface area contributed by atoms with Crippen molar-refractivity contribution in [2.24, 2.45) is 4.99 Å². The first-order chi connectivity index (χ1) is 11.4. The summed E-state index contributed by atoms with van der Waals surface area (Å²) >= 11 is 0. The first kappa shape index (κ1) is 18.8. The van der Waals surface area contributed by atoms with Crippen LogP contribution in [-0.2, 0) is 10.8 Å². The number of hydrogen-bond donors (Lipinski definition) is 3. The van der Waals surface area contributed by atoms with Crippen molar-refractivity contribution in [3.63, 3.8) is 0 Å². The van der Waals surface area contributed by atoms with Crippen molar-refractivity contribution in [3.8, 4) is 17.2 Å². The Labute approximate surface area is 149 Å². The lowest BCUT2D eigenvalue weighted by atomic mass is 9.79. The molecule has 0 amide bonds. The van der Waals surface area contributed by atoms with Gasteiger partial charge in [-0.15, -0.1) is 0 Å². The third-order valence-electron chi connectivity index (χ3n) is 4.11. The van der Waals surface area contributed by atoms with Crippen molar-refractivity contribution in [1.29, 1.82) is 0 Å². The predicted octanol–water partition coefficient (Wildman–Crippen LogP) is 5.15. The molecule has 0 radical (unpaired) electrons. The molecule has 0 saturated heterocycles. The summed E-state index contributed by atoms with van der Waals surface area (Å²) in [5, 5.41) is 30.2. The van der Waals surface area contributed by atoms with Crippen molar-refractivity contribution in [3.05, 3.63) is 47.0 Å². The third-order valence-corrected chi connectivity index (χ3v) is 4.11. The number of hydrogen-bond acceptors (Lipinski definition) is 4. The molecule has 0 spiro atoms. The van der Waals surface area contributed by atoms with Crippen LogP contribution in [0.5, 0.6) is 17.2 Å². The van der Waals surface area contributed by atoms with E-state index < -0.39 is 0 Å². The summed E-state index contributed by atoms with van der Waals surface area (Å²) in [5.74, 6) is -0.0725. The van der Waals surface area contributed by atoms with Gasteiger partial charge in [0, 0.05) is 22.9 Å². The average molecular weight is 341 g/mol. The molecule has 0 unspecified atom stereocenters. The van der Waals surface area contributed by atoms with Crippen molar-refractivity contribution in [2.75, 3.05) is 0 Å². The minimum Gasteiger partial charge on any atom is -0.507 e. The molecule has 4 nitrogen and oxygen atoms in total. The molecular formula is C21H27NO3. The van der Waals surface area contributed by atoms with E-state index in [-0.39, 0.29) is 22.3 Å². The maximum atomic E-state index is 10.7. The fraction of sp³-hybridized carbons (Fsp3) is 0.381. The Kier molecular flexibility index (Phi) is 4.85. The van der Waals surface area contributed by atoms with E-state index in [9.17, 15) is 15.3 Å². The number of nitrogens with zero attached hydrogens (tertiary/aromatic N) is 1. The van der Waals surface area contributed by atoms with Crippen LogP contribution >= 0.6 is 0 Å². The van der Waals surface area contributed by atoms with Gasteiger partial charge < -0.3 is 15.3 Å². The number of aromatic hydroxyl groups is 3. The molecule has 25 heavy (non-hydrogen) atoms. The summed E-state index contributed by atoms with van der Waals surface area (Å²) < 4.78 is 0. The predicted molar refractivity (Wildman–Crippen MR) is 103 cm³/mol. The Morgan fingerprint density at radius 1 is 0.800 bits per heavy atom. The zero-order valence-corrected chi connectivity index (χ0v) is 15.8. The highest BCUT2D eigenvalue weighted by Gasteiger charge is 2.26. The number of benzene rings is 2. The standard InChI is InChI=1S/C21H27NO3/c1-20(2,3)15-10-14(11-16(19(15)25)21(4,5)6)22-12-13-8-7-9-17(23)18(13)24/h7-12,23-25H,1-6H3. The van der Waals surface area contributed by atoms with Gasteiger partial charge in [-0.2, -0.15) is 0 Å². The Morgan fingerprint density at radius 3 is 1.80 bits per heavy atom. The van der Waals surface area contributed by atoms with Crippen molar-refractivity contribution in [2.45, 2.75) is 52.4 Å². The minimum atomic E-state index is -0.233. The van der Waals surface area contributed by atoms with Crippen LogP contribution in [0.25, 0.3) is 0 Å². The zero-order valence-electron chi connectivity index (χ0n) is 15.8. The topological polar surface area (TPSA) is 73.1 Å². The first-order valence-corrected chi connectivity index (χ1v) is 8.34. The molecular weight excluding hydrogens is 314 g/mol. The molecule has 0 aliphatic heterocycles. The molecule has 3 N–H and O–H groups in total. The molecule has 0 heterocycles. The summed E-state index contributed by atoms with van der Waals surface area (Å²) in [5.41, 5.74) is 2.31. The molecule has 4 heteroatoms. The molecule has 0 saturated carbocycles. The van der Waals surface area contributed by atoms with E-state index in [4.69, 9.17) is 0 Å². The Hall–Kier alpha value is -2.49. The van der Waals surface area contributed by atoms with Gasteiger partial charge in [-0.1, -0.05) is 47.6 Å². The molecule has 2 aromatic rings. The highest BCUT2D eigenvalue weighted by atomic mass is 16.3. The van der Waals surface area contributed by atoms with E-state index in [0.29, 0.717) is 17.0 Å². The van der Waals surface area contributed by atoms with Gasteiger partial charge in [0.1, 0.15) is 5.75 Å². The second-order valence-electron chi connectivity index (χ2n) is 8.36. The van der Waals surface area contributed by atoms with Gasteiger partial charge >= 0.3 is 0 Å². The highest BCUT2D eigenvalue weighted by molar-refractivity contribution is 5.86. The van der Waals surface area contributed by atoms with Crippen LogP contribution in [0.3, 0.4) is 0 Å². The second-order valence-corrected chi connectivity index (χ2v) is 8.36. The van der Waals surface area contributed by atoms with Gasteiger partial charge in [0.05, 0.1) is 5.69 Å². The van der Waals surface area contributed by atoms with Crippen LogP contribution in [0.15, 0.2) is 35.3 Å². The summed E-state index contributed by atoms with van der Waals surface area (Å²) in [7, 11) is 0. The van der Waals surface area contributed by atoms with Crippen LogP contribution in [0.1, 0.15) is 58.2 Å². The van der Waals surface area contributed by atoms with Gasteiger partial charge in [0.2, 0.25) is 0 Å². The molecule has 0 fully saturated rings. The van der Waals surface area contributed by atoms with E-state index in [1.165, 1.54) is 12.3 Å². The Balaban J connectivity index is 2.58. The number of phenols is 3. The summed E-state index contributed by atoms with van der Waals surface area (Å²) in [6.45, 7) is 12.3. The van der Waals surface area contributed by atoms with E-state index in [1.807, 2.05) is 53.7 Å². The third kappa shape index (κ3) is 4.13. The van der Waals surface area contributed by atoms with Gasteiger partial charge in [0.15, 0.2) is 11.5 Å². The molecule has 2 rings (SSSR count). The Morgan fingerprint density at radius 2 is 1.32 bits per heavy atom. The summed E-state index contributed by atoms with van der Waals surface area (Å²) in [6.07, 6.45) is 1.51. The molecule has 0 aliphatic carbocycles.